The molecule has 2 rings (SSSR count). The maximum Gasteiger partial charge on any atom is 0.255 e. The van der Waals surface area contributed by atoms with Crippen molar-refractivity contribution in [2.75, 3.05) is 13.1 Å². The molecule has 1 fully saturated rings. The van der Waals surface area contributed by atoms with E-state index in [0.717, 1.165) is 6.20 Å². The van der Waals surface area contributed by atoms with Gasteiger partial charge in [0, 0.05) is 32.1 Å². The first-order valence-electron chi connectivity index (χ1n) is 5.30. The zero-order valence-electron chi connectivity index (χ0n) is 9.14. The Kier molecular flexibility index (Phi) is 3.32. The van der Waals surface area contributed by atoms with E-state index in [9.17, 15) is 9.18 Å². The Labute approximate surface area is 97.6 Å². The highest BCUT2D eigenvalue weighted by molar-refractivity contribution is 5.95. The van der Waals surface area contributed by atoms with Crippen molar-refractivity contribution in [3.05, 3.63) is 29.8 Å². The second-order valence-corrected chi connectivity index (χ2v) is 3.85. The van der Waals surface area contributed by atoms with Crippen molar-refractivity contribution < 1.29 is 14.4 Å². The molecular weight excluding hydrogens is 225 g/mol. The van der Waals surface area contributed by atoms with Crippen LogP contribution in [0.2, 0.25) is 0 Å². The number of oxime groups is 1. The van der Waals surface area contributed by atoms with Crippen LogP contribution in [0.1, 0.15) is 23.2 Å². The van der Waals surface area contributed by atoms with Gasteiger partial charge in [-0.2, -0.15) is 0 Å². The number of rotatable bonds is 1. The van der Waals surface area contributed by atoms with E-state index in [-0.39, 0.29) is 11.5 Å². The average molecular weight is 237 g/mol. The molecule has 1 aliphatic rings. The minimum absolute atomic E-state index is 0.242. The summed E-state index contributed by atoms with van der Waals surface area (Å²) >= 11 is 0. The summed E-state index contributed by atoms with van der Waals surface area (Å²) in [5, 5.41) is 11.7. The quantitative estimate of drug-likeness (QED) is 0.591. The number of nitrogens with zero attached hydrogens (tertiary/aromatic N) is 3. The number of piperidine rings is 1. The van der Waals surface area contributed by atoms with Crippen LogP contribution >= 0.6 is 0 Å². The van der Waals surface area contributed by atoms with E-state index < -0.39 is 5.82 Å². The highest BCUT2D eigenvalue weighted by Crippen LogP contribution is 2.12. The summed E-state index contributed by atoms with van der Waals surface area (Å²) in [6, 6.07) is 1.17. The van der Waals surface area contributed by atoms with Crippen LogP contribution in [0.3, 0.4) is 0 Å². The third kappa shape index (κ3) is 2.58. The predicted molar refractivity (Wildman–Crippen MR) is 58.6 cm³/mol. The molecule has 17 heavy (non-hydrogen) atoms. The average Bonchev–Trinajstić information content (AvgIpc) is 2.38. The first-order valence-corrected chi connectivity index (χ1v) is 5.30. The minimum atomic E-state index is -0.523. The molecule has 0 spiro atoms. The zero-order chi connectivity index (χ0) is 12.3. The topological polar surface area (TPSA) is 65.8 Å². The molecule has 2 heterocycles. The normalized spacial score (nSPS) is 15.8. The van der Waals surface area contributed by atoms with E-state index in [2.05, 4.69) is 10.1 Å². The third-order valence-corrected chi connectivity index (χ3v) is 2.72. The molecule has 0 radical (unpaired) electrons. The van der Waals surface area contributed by atoms with Gasteiger partial charge in [0.15, 0.2) is 0 Å². The molecule has 90 valence electrons. The molecule has 1 aromatic heterocycles. The Hall–Kier alpha value is -1.98. The van der Waals surface area contributed by atoms with E-state index in [1.54, 1.807) is 4.90 Å². The van der Waals surface area contributed by atoms with E-state index in [4.69, 9.17) is 5.21 Å². The number of halogens is 1. The zero-order valence-corrected chi connectivity index (χ0v) is 9.14. The summed E-state index contributed by atoms with van der Waals surface area (Å²) < 4.78 is 12.9. The second-order valence-electron chi connectivity index (χ2n) is 3.85. The predicted octanol–water partition coefficient (Wildman–Crippen LogP) is 1.29. The lowest BCUT2D eigenvalue weighted by atomic mass is 10.1. The lowest BCUT2D eigenvalue weighted by Gasteiger charge is -2.27. The first kappa shape index (κ1) is 11.5. The molecule has 0 aliphatic carbocycles. The molecule has 1 amide bonds. The van der Waals surface area contributed by atoms with Crippen LogP contribution in [0.5, 0.6) is 0 Å². The molecule has 1 N–H and O–H groups in total. The number of likely N-dealkylation sites (tertiary alicyclic amines) is 1. The van der Waals surface area contributed by atoms with Gasteiger partial charge in [-0.05, 0) is 6.07 Å². The highest BCUT2D eigenvalue weighted by atomic mass is 19.1. The van der Waals surface area contributed by atoms with E-state index >= 15 is 0 Å². The molecule has 6 heteroatoms. The van der Waals surface area contributed by atoms with Gasteiger partial charge in [-0.1, -0.05) is 5.16 Å². The number of aromatic nitrogens is 1. The van der Waals surface area contributed by atoms with Gasteiger partial charge in [0.1, 0.15) is 5.82 Å². The Morgan fingerprint density at radius 2 is 2.12 bits per heavy atom. The molecule has 1 aliphatic heterocycles. The molecule has 0 bridgehead atoms. The highest BCUT2D eigenvalue weighted by Gasteiger charge is 2.21. The van der Waals surface area contributed by atoms with Gasteiger partial charge in [0.25, 0.3) is 5.91 Å². The van der Waals surface area contributed by atoms with Crippen molar-refractivity contribution in [1.82, 2.24) is 9.88 Å². The van der Waals surface area contributed by atoms with Gasteiger partial charge < -0.3 is 10.1 Å². The standard InChI is InChI=1S/C11H12FN3O2/c12-9-5-8(6-13-7-9)11(16)15-3-1-10(14-17)2-4-15/h5-7,17H,1-4H2. The van der Waals surface area contributed by atoms with Crippen molar-refractivity contribution in [2.24, 2.45) is 5.16 Å². The molecule has 0 saturated carbocycles. The SMILES string of the molecule is O=C(c1cncc(F)c1)N1CCC(=NO)CC1. The van der Waals surface area contributed by atoms with Crippen LogP contribution < -0.4 is 0 Å². The molecule has 1 aromatic rings. The Morgan fingerprint density at radius 1 is 1.41 bits per heavy atom. The van der Waals surface area contributed by atoms with Gasteiger partial charge >= 0.3 is 0 Å². The molecule has 0 unspecified atom stereocenters. The summed E-state index contributed by atoms with van der Waals surface area (Å²) in [6.07, 6.45) is 3.50. The van der Waals surface area contributed by atoms with Crippen LogP contribution in [0.15, 0.2) is 23.6 Å². The van der Waals surface area contributed by atoms with Crippen LogP contribution in [0, 0.1) is 5.82 Å². The number of carbonyl (C=O) groups is 1. The van der Waals surface area contributed by atoms with Gasteiger partial charge in [0.2, 0.25) is 0 Å². The Balaban J connectivity index is 2.07. The smallest absolute Gasteiger partial charge is 0.255 e. The van der Waals surface area contributed by atoms with Crippen molar-refractivity contribution >= 4 is 11.6 Å². The summed E-state index contributed by atoms with van der Waals surface area (Å²) in [7, 11) is 0. The molecule has 1 saturated heterocycles. The molecular formula is C11H12FN3O2. The third-order valence-electron chi connectivity index (χ3n) is 2.72. The lowest BCUT2D eigenvalue weighted by Crippen LogP contribution is -2.38. The maximum absolute atomic E-state index is 12.9. The number of pyridine rings is 1. The largest absolute Gasteiger partial charge is 0.411 e. The fraction of sp³-hybridized carbons (Fsp3) is 0.364. The molecule has 0 aromatic carbocycles. The van der Waals surface area contributed by atoms with Crippen molar-refractivity contribution in [3.63, 3.8) is 0 Å². The number of hydrogen-bond donors (Lipinski definition) is 1. The van der Waals surface area contributed by atoms with E-state index in [1.165, 1.54) is 12.3 Å². The minimum Gasteiger partial charge on any atom is -0.411 e. The summed E-state index contributed by atoms with van der Waals surface area (Å²) in [5.74, 6) is -0.764. The van der Waals surface area contributed by atoms with Crippen molar-refractivity contribution in [1.29, 1.82) is 0 Å². The van der Waals surface area contributed by atoms with Gasteiger partial charge in [-0.15, -0.1) is 0 Å². The van der Waals surface area contributed by atoms with Crippen molar-refractivity contribution in [3.8, 4) is 0 Å². The fourth-order valence-corrected chi connectivity index (χ4v) is 1.78. The van der Waals surface area contributed by atoms with E-state index in [0.29, 0.717) is 31.6 Å². The number of amides is 1. The summed E-state index contributed by atoms with van der Waals surface area (Å²) in [4.78, 5) is 17.2. The fourth-order valence-electron chi connectivity index (χ4n) is 1.78. The van der Waals surface area contributed by atoms with E-state index in [1.807, 2.05) is 0 Å². The van der Waals surface area contributed by atoms with Crippen LogP contribution in [0.4, 0.5) is 4.39 Å². The second kappa shape index (κ2) is 4.90. The lowest BCUT2D eigenvalue weighted by molar-refractivity contribution is 0.0752. The molecule has 0 atom stereocenters. The maximum atomic E-state index is 12.9. The van der Waals surface area contributed by atoms with Crippen molar-refractivity contribution in [2.45, 2.75) is 12.8 Å². The monoisotopic (exact) mass is 237 g/mol. The van der Waals surface area contributed by atoms with Gasteiger partial charge in [-0.3, -0.25) is 9.78 Å². The molecule has 5 nitrogen and oxygen atoms in total. The van der Waals surface area contributed by atoms with Crippen LogP contribution in [0.25, 0.3) is 0 Å². The summed E-state index contributed by atoms with van der Waals surface area (Å²) in [5.41, 5.74) is 0.931. The number of carbonyl (C=O) groups excluding carboxylic acids is 1. The van der Waals surface area contributed by atoms with Crippen LogP contribution in [-0.4, -0.2) is 39.8 Å². The Bertz CT molecular complexity index is 452. The van der Waals surface area contributed by atoms with Gasteiger partial charge in [0.05, 0.1) is 17.5 Å². The van der Waals surface area contributed by atoms with Crippen LogP contribution in [-0.2, 0) is 0 Å². The first-order chi connectivity index (χ1) is 8.20. The Morgan fingerprint density at radius 3 is 2.71 bits per heavy atom. The van der Waals surface area contributed by atoms with Gasteiger partial charge in [-0.25, -0.2) is 4.39 Å². The number of hydrogen-bond acceptors (Lipinski definition) is 4. The summed E-state index contributed by atoms with van der Waals surface area (Å²) in [6.45, 7) is 0.962.